The van der Waals surface area contributed by atoms with Gasteiger partial charge in [0.2, 0.25) is 5.95 Å². The SMILES string of the molecule is CC1(C)CCN(c2ccc(-n3nc(F)c4cc(F)c(O)c(F)c43)cc2)CC1. The van der Waals surface area contributed by atoms with Crippen LogP contribution in [-0.4, -0.2) is 28.0 Å². The smallest absolute Gasteiger partial charge is 0.241 e. The molecule has 0 amide bonds. The zero-order chi connectivity index (χ0) is 19.3. The van der Waals surface area contributed by atoms with Crippen molar-refractivity contribution in [1.82, 2.24) is 9.78 Å². The van der Waals surface area contributed by atoms with E-state index < -0.39 is 23.3 Å². The van der Waals surface area contributed by atoms with E-state index in [1.807, 2.05) is 12.1 Å². The van der Waals surface area contributed by atoms with Crippen LogP contribution in [0.25, 0.3) is 16.6 Å². The minimum absolute atomic E-state index is 0.293. The van der Waals surface area contributed by atoms with Crippen LogP contribution in [0, 0.1) is 23.0 Å². The Morgan fingerprint density at radius 1 is 1.00 bits per heavy atom. The van der Waals surface area contributed by atoms with Gasteiger partial charge in [-0.2, -0.15) is 4.39 Å². The van der Waals surface area contributed by atoms with Gasteiger partial charge < -0.3 is 10.0 Å². The summed E-state index contributed by atoms with van der Waals surface area (Å²) in [5.41, 5.74) is 1.51. The number of rotatable bonds is 2. The van der Waals surface area contributed by atoms with E-state index >= 15 is 0 Å². The van der Waals surface area contributed by atoms with Crippen LogP contribution < -0.4 is 4.90 Å². The van der Waals surface area contributed by atoms with Crippen molar-refractivity contribution in [3.63, 3.8) is 0 Å². The van der Waals surface area contributed by atoms with Crippen LogP contribution in [0.2, 0.25) is 0 Å². The first-order valence-corrected chi connectivity index (χ1v) is 8.87. The summed E-state index contributed by atoms with van der Waals surface area (Å²) in [5.74, 6) is -4.59. The van der Waals surface area contributed by atoms with Crippen LogP contribution in [0.4, 0.5) is 18.9 Å². The summed E-state index contributed by atoms with van der Waals surface area (Å²) < 4.78 is 43.0. The standard InChI is InChI=1S/C20H20F3N3O/c1-20(2)7-9-25(10-8-20)12-3-5-13(6-4-12)26-17-14(19(23)24-26)11-15(21)18(27)16(17)22/h3-6,11,27H,7-10H2,1-2H3. The molecule has 2 heterocycles. The molecule has 0 atom stereocenters. The molecule has 0 aliphatic carbocycles. The van der Waals surface area contributed by atoms with Crippen LogP contribution in [-0.2, 0) is 0 Å². The highest BCUT2D eigenvalue weighted by Crippen LogP contribution is 2.34. The molecular formula is C20H20F3N3O. The average Bonchev–Trinajstić information content (AvgIpc) is 2.97. The van der Waals surface area contributed by atoms with Gasteiger partial charge >= 0.3 is 0 Å². The third kappa shape index (κ3) is 3.01. The number of aromatic nitrogens is 2. The number of phenols is 1. The summed E-state index contributed by atoms with van der Waals surface area (Å²) in [6.07, 6.45) is 2.19. The van der Waals surface area contributed by atoms with E-state index in [0.717, 1.165) is 42.4 Å². The van der Waals surface area contributed by atoms with Gasteiger partial charge in [-0.25, -0.2) is 13.5 Å². The summed E-state index contributed by atoms with van der Waals surface area (Å²) in [5, 5.41) is 12.9. The number of fused-ring (bicyclic) bond motifs is 1. The molecule has 0 spiro atoms. The van der Waals surface area contributed by atoms with E-state index in [0.29, 0.717) is 11.1 Å². The molecule has 1 N–H and O–H groups in total. The highest BCUT2D eigenvalue weighted by molar-refractivity contribution is 5.83. The molecule has 1 fully saturated rings. The number of hydrogen-bond acceptors (Lipinski definition) is 3. The maximum Gasteiger partial charge on any atom is 0.241 e. The Morgan fingerprint density at radius 2 is 1.59 bits per heavy atom. The highest BCUT2D eigenvalue weighted by Gasteiger charge is 2.26. The molecule has 0 saturated carbocycles. The molecule has 0 radical (unpaired) electrons. The summed E-state index contributed by atoms with van der Waals surface area (Å²) in [4.78, 5) is 2.28. The number of anilines is 1. The average molecular weight is 375 g/mol. The maximum absolute atomic E-state index is 14.3. The van der Waals surface area contributed by atoms with Gasteiger partial charge in [0.25, 0.3) is 0 Å². The van der Waals surface area contributed by atoms with Crippen molar-refractivity contribution in [3.05, 3.63) is 47.9 Å². The predicted octanol–water partition coefficient (Wildman–Crippen LogP) is 4.77. The first-order valence-electron chi connectivity index (χ1n) is 8.87. The lowest BCUT2D eigenvalue weighted by molar-refractivity contribution is 0.280. The lowest BCUT2D eigenvalue weighted by atomic mass is 9.82. The normalized spacial score (nSPS) is 16.9. The Kier molecular flexibility index (Phi) is 4.05. The van der Waals surface area contributed by atoms with Gasteiger partial charge in [0.05, 0.1) is 11.1 Å². The number of halogens is 3. The van der Waals surface area contributed by atoms with Gasteiger partial charge in [-0.3, -0.25) is 0 Å². The van der Waals surface area contributed by atoms with Crippen LogP contribution in [0.15, 0.2) is 30.3 Å². The zero-order valence-electron chi connectivity index (χ0n) is 15.1. The van der Waals surface area contributed by atoms with E-state index in [-0.39, 0.29) is 10.9 Å². The van der Waals surface area contributed by atoms with Gasteiger partial charge in [-0.1, -0.05) is 13.8 Å². The lowest BCUT2D eigenvalue weighted by Gasteiger charge is -2.38. The van der Waals surface area contributed by atoms with Gasteiger partial charge in [-0.15, -0.1) is 5.10 Å². The fourth-order valence-electron chi connectivity index (χ4n) is 3.52. The van der Waals surface area contributed by atoms with Crippen molar-refractivity contribution < 1.29 is 18.3 Å². The van der Waals surface area contributed by atoms with E-state index in [9.17, 15) is 18.3 Å². The molecule has 1 aromatic heterocycles. The van der Waals surface area contributed by atoms with Gasteiger partial charge in [0.1, 0.15) is 5.52 Å². The fraction of sp³-hybridized carbons (Fsp3) is 0.350. The van der Waals surface area contributed by atoms with Crippen LogP contribution in [0.3, 0.4) is 0 Å². The molecule has 4 nitrogen and oxygen atoms in total. The van der Waals surface area contributed by atoms with E-state index in [1.165, 1.54) is 0 Å². The molecular weight excluding hydrogens is 355 g/mol. The number of nitrogens with zero attached hydrogens (tertiary/aromatic N) is 3. The molecule has 0 unspecified atom stereocenters. The second-order valence-electron chi connectivity index (χ2n) is 7.79. The van der Waals surface area contributed by atoms with E-state index in [1.54, 1.807) is 12.1 Å². The molecule has 3 aromatic rings. The molecule has 1 saturated heterocycles. The second kappa shape index (κ2) is 6.18. The Hall–Kier alpha value is -2.70. The first-order chi connectivity index (χ1) is 12.8. The summed E-state index contributed by atoms with van der Waals surface area (Å²) in [6.45, 7) is 6.43. The molecule has 4 rings (SSSR count). The van der Waals surface area contributed by atoms with Gasteiger partial charge in [0.15, 0.2) is 17.4 Å². The topological polar surface area (TPSA) is 41.3 Å². The third-order valence-corrected chi connectivity index (χ3v) is 5.37. The van der Waals surface area contributed by atoms with Crippen molar-refractivity contribution in [2.45, 2.75) is 26.7 Å². The predicted molar refractivity (Wildman–Crippen MR) is 97.8 cm³/mol. The van der Waals surface area contributed by atoms with Crippen molar-refractivity contribution in [2.75, 3.05) is 18.0 Å². The van der Waals surface area contributed by atoms with E-state index in [2.05, 4.69) is 23.8 Å². The monoisotopic (exact) mass is 375 g/mol. The Morgan fingerprint density at radius 3 is 2.22 bits per heavy atom. The quantitative estimate of drug-likeness (QED) is 0.701. The molecule has 1 aliphatic heterocycles. The minimum atomic E-state index is -1.23. The van der Waals surface area contributed by atoms with Crippen LogP contribution >= 0.6 is 0 Å². The van der Waals surface area contributed by atoms with Crippen molar-refractivity contribution in [2.24, 2.45) is 5.41 Å². The number of benzene rings is 2. The summed E-state index contributed by atoms with van der Waals surface area (Å²) in [6, 6.07) is 7.92. The largest absolute Gasteiger partial charge is 0.503 e. The molecule has 7 heteroatoms. The Labute approximate surface area is 154 Å². The van der Waals surface area contributed by atoms with Gasteiger partial charge in [-0.05, 0) is 48.6 Å². The van der Waals surface area contributed by atoms with Crippen molar-refractivity contribution in [3.8, 4) is 11.4 Å². The number of hydrogen-bond donors (Lipinski definition) is 1. The number of phenolic OH excluding ortho intramolecular Hbond substituents is 1. The molecule has 27 heavy (non-hydrogen) atoms. The second-order valence-corrected chi connectivity index (χ2v) is 7.79. The van der Waals surface area contributed by atoms with E-state index in [4.69, 9.17) is 0 Å². The third-order valence-electron chi connectivity index (χ3n) is 5.37. The molecule has 0 bridgehead atoms. The zero-order valence-corrected chi connectivity index (χ0v) is 15.1. The lowest BCUT2D eigenvalue weighted by Crippen LogP contribution is -2.37. The van der Waals surface area contributed by atoms with Crippen LogP contribution in [0.1, 0.15) is 26.7 Å². The van der Waals surface area contributed by atoms with Crippen LogP contribution in [0.5, 0.6) is 5.75 Å². The number of aromatic hydroxyl groups is 1. The summed E-state index contributed by atoms with van der Waals surface area (Å²) >= 11 is 0. The Balaban J connectivity index is 1.70. The molecule has 1 aliphatic rings. The fourth-order valence-corrected chi connectivity index (χ4v) is 3.52. The minimum Gasteiger partial charge on any atom is -0.503 e. The molecule has 2 aromatic carbocycles. The highest BCUT2D eigenvalue weighted by atomic mass is 19.1. The Bertz CT molecular complexity index is 1000. The maximum atomic E-state index is 14.3. The van der Waals surface area contributed by atoms with Crippen molar-refractivity contribution >= 4 is 16.6 Å². The summed E-state index contributed by atoms with van der Waals surface area (Å²) in [7, 11) is 0. The number of piperidine rings is 1. The molecule has 142 valence electrons. The first kappa shape index (κ1) is 17.7. The van der Waals surface area contributed by atoms with Gasteiger partial charge in [0, 0.05) is 18.8 Å². The van der Waals surface area contributed by atoms with Crippen molar-refractivity contribution in [1.29, 1.82) is 0 Å².